The number of hydrogen-bond acceptors (Lipinski definition) is 4. The Morgan fingerprint density at radius 1 is 1.06 bits per heavy atom. The Hall–Kier alpha value is -3.10. The monoisotopic (exact) mass is 428 g/mol. The van der Waals surface area contributed by atoms with Crippen LogP contribution >= 0.6 is 0 Å². The lowest BCUT2D eigenvalue weighted by molar-refractivity contribution is 0.153. The van der Waals surface area contributed by atoms with Gasteiger partial charge in [-0.05, 0) is 73.3 Å². The standard InChI is InChI=1S/C27H29FN4/c1-27(2,3)18-32-13-11-20(12-14-32)25-24(22-6-4-5-19(15-22)16-29)17-30-26(31-25)21-7-9-23(28)10-8-21/h4-10,15,17,20H,11-14,18H2,1-3H3. The van der Waals surface area contributed by atoms with E-state index in [0.29, 0.717) is 17.3 Å². The molecule has 1 saturated heterocycles. The highest BCUT2D eigenvalue weighted by Crippen LogP contribution is 2.36. The molecule has 1 fully saturated rings. The van der Waals surface area contributed by atoms with Crippen molar-refractivity contribution in [2.45, 2.75) is 39.5 Å². The minimum atomic E-state index is -0.273. The summed E-state index contributed by atoms with van der Waals surface area (Å²) in [5.74, 6) is 0.650. The number of nitrogens with zero attached hydrogens (tertiary/aromatic N) is 4. The second-order valence-electron chi connectivity index (χ2n) is 9.80. The van der Waals surface area contributed by atoms with Crippen LogP contribution in [0.25, 0.3) is 22.5 Å². The van der Waals surface area contributed by atoms with Crippen molar-refractivity contribution in [2.75, 3.05) is 19.6 Å². The van der Waals surface area contributed by atoms with Gasteiger partial charge in [-0.15, -0.1) is 0 Å². The maximum Gasteiger partial charge on any atom is 0.159 e. The number of aromatic nitrogens is 2. The van der Waals surface area contributed by atoms with E-state index in [9.17, 15) is 9.65 Å². The van der Waals surface area contributed by atoms with Crippen molar-refractivity contribution in [2.24, 2.45) is 5.41 Å². The smallest absolute Gasteiger partial charge is 0.159 e. The summed E-state index contributed by atoms with van der Waals surface area (Å²) >= 11 is 0. The van der Waals surface area contributed by atoms with Crippen molar-refractivity contribution in [1.29, 1.82) is 5.26 Å². The van der Waals surface area contributed by atoms with Crippen LogP contribution in [0.4, 0.5) is 4.39 Å². The molecule has 0 radical (unpaired) electrons. The van der Waals surface area contributed by atoms with Crippen LogP contribution < -0.4 is 0 Å². The Bertz CT molecular complexity index is 1120. The van der Waals surface area contributed by atoms with E-state index in [1.165, 1.54) is 12.1 Å². The Kier molecular flexibility index (Phi) is 6.34. The molecule has 0 atom stereocenters. The summed E-state index contributed by atoms with van der Waals surface area (Å²) < 4.78 is 13.4. The number of piperidine rings is 1. The Balaban J connectivity index is 1.69. The van der Waals surface area contributed by atoms with Gasteiger partial charge in [-0.3, -0.25) is 0 Å². The van der Waals surface area contributed by atoms with Crippen molar-refractivity contribution in [3.8, 4) is 28.6 Å². The van der Waals surface area contributed by atoms with Crippen LogP contribution in [0, 0.1) is 22.6 Å². The van der Waals surface area contributed by atoms with Gasteiger partial charge in [-0.2, -0.15) is 5.26 Å². The molecule has 0 unspecified atom stereocenters. The number of nitriles is 1. The first kappa shape index (κ1) is 22.1. The largest absolute Gasteiger partial charge is 0.303 e. The lowest BCUT2D eigenvalue weighted by Crippen LogP contribution is -2.38. The van der Waals surface area contributed by atoms with E-state index in [1.54, 1.807) is 12.1 Å². The molecule has 0 saturated carbocycles. The highest BCUT2D eigenvalue weighted by Gasteiger charge is 2.27. The number of halogens is 1. The molecule has 164 valence electrons. The highest BCUT2D eigenvalue weighted by molar-refractivity contribution is 5.69. The van der Waals surface area contributed by atoms with Crippen molar-refractivity contribution in [3.05, 3.63) is 71.8 Å². The predicted molar refractivity (Wildman–Crippen MR) is 125 cm³/mol. The number of likely N-dealkylation sites (tertiary alicyclic amines) is 1. The van der Waals surface area contributed by atoms with Gasteiger partial charge in [-0.1, -0.05) is 32.9 Å². The molecule has 1 aliphatic rings. The van der Waals surface area contributed by atoms with E-state index in [2.05, 4.69) is 36.7 Å². The van der Waals surface area contributed by atoms with E-state index in [4.69, 9.17) is 4.98 Å². The molecule has 32 heavy (non-hydrogen) atoms. The van der Waals surface area contributed by atoms with Crippen molar-refractivity contribution < 1.29 is 4.39 Å². The Morgan fingerprint density at radius 3 is 2.44 bits per heavy atom. The summed E-state index contributed by atoms with van der Waals surface area (Å²) in [6.07, 6.45) is 3.92. The Labute approximate surface area is 189 Å². The van der Waals surface area contributed by atoms with Gasteiger partial charge in [0.05, 0.1) is 17.3 Å². The van der Waals surface area contributed by atoms with Crippen LogP contribution in [-0.4, -0.2) is 34.5 Å². The lowest BCUT2D eigenvalue weighted by Gasteiger charge is -2.36. The van der Waals surface area contributed by atoms with Crippen LogP contribution in [-0.2, 0) is 0 Å². The van der Waals surface area contributed by atoms with Gasteiger partial charge in [0, 0.05) is 29.8 Å². The Morgan fingerprint density at radius 2 is 1.78 bits per heavy atom. The number of rotatable bonds is 4. The van der Waals surface area contributed by atoms with E-state index in [1.807, 2.05) is 30.5 Å². The summed E-state index contributed by atoms with van der Waals surface area (Å²) in [4.78, 5) is 12.1. The van der Waals surface area contributed by atoms with Crippen molar-refractivity contribution >= 4 is 0 Å². The molecule has 3 aromatic rings. The molecule has 0 bridgehead atoms. The van der Waals surface area contributed by atoms with Crippen molar-refractivity contribution in [3.63, 3.8) is 0 Å². The molecule has 4 rings (SSSR count). The second-order valence-corrected chi connectivity index (χ2v) is 9.80. The molecule has 2 aromatic carbocycles. The highest BCUT2D eigenvalue weighted by atomic mass is 19.1. The predicted octanol–water partition coefficient (Wildman–Crippen LogP) is 6.05. The van der Waals surface area contributed by atoms with Crippen LogP contribution in [0.15, 0.2) is 54.7 Å². The van der Waals surface area contributed by atoms with E-state index < -0.39 is 0 Å². The summed E-state index contributed by atoms with van der Waals surface area (Å²) in [6, 6.07) is 16.2. The van der Waals surface area contributed by atoms with E-state index >= 15 is 0 Å². The minimum absolute atomic E-state index is 0.273. The molecular formula is C27H29FN4. The molecule has 5 heteroatoms. The molecule has 1 aliphatic heterocycles. The van der Waals surface area contributed by atoms with Gasteiger partial charge in [0.25, 0.3) is 0 Å². The number of hydrogen-bond donors (Lipinski definition) is 0. The molecule has 2 heterocycles. The van der Waals surface area contributed by atoms with Gasteiger partial charge >= 0.3 is 0 Å². The number of benzene rings is 2. The molecule has 0 aliphatic carbocycles. The fraction of sp³-hybridized carbons (Fsp3) is 0.370. The third kappa shape index (κ3) is 5.20. The van der Waals surface area contributed by atoms with E-state index in [0.717, 1.165) is 54.9 Å². The SMILES string of the molecule is CC(C)(C)CN1CCC(c2nc(-c3ccc(F)cc3)ncc2-c2cccc(C#N)c2)CC1. The fourth-order valence-corrected chi connectivity index (χ4v) is 4.46. The minimum Gasteiger partial charge on any atom is -0.303 e. The molecule has 0 amide bonds. The summed E-state index contributed by atoms with van der Waals surface area (Å²) in [5, 5.41) is 9.35. The summed E-state index contributed by atoms with van der Waals surface area (Å²) in [5.41, 5.74) is 4.65. The first-order valence-electron chi connectivity index (χ1n) is 11.2. The normalized spacial score (nSPS) is 15.5. The zero-order valence-corrected chi connectivity index (χ0v) is 19.0. The zero-order chi connectivity index (χ0) is 22.7. The molecular weight excluding hydrogens is 399 g/mol. The first-order chi connectivity index (χ1) is 15.3. The van der Waals surface area contributed by atoms with Crippen LogP contribution in [0.1, 0.15) is 50.8 Å². The molecule has 1 aromatic heterocycles. The van der Waals surface area contributed by atoms with Crippen LogP contribution in [0.5, 0.6) is 0 Å². The average Bonchev–Trinajstić information content (AvgIpc) is 2.79. The maximum absolute atomic E-state index is 13.4. The van der Waals surface area contributed by atoms with Gasteiger partial charge in [0.1, 0.15) is 5.82 Å². The van der Waals surface area contributed by atoms with Gasteiger partial charge in [0.15, 0.2) is 5.82 Å². The van der Waals surface area contributed by atoms with Gasteiger partial charge in [-0.25, -0.2) is 14.4 Å². The third-order valence-corrected chi connectivity index (χ3v) is 5.90. The molecule has 4 nitrogen and oxygen atoms in total. The topological polar surface area (TPSA) is 52.8 Å². The van der Waals surface area contributed by atoms with E-state index in [-0.39, 0.29) is 11.2 Å². The maximum atomic E-state index is 13.4. The van der Waals surface area contributed by atoms with Gasteiger partial charge in [0.2, 0.25) is 0 Å². The summed E-state index contributed by atoms with van der Waals surface area (Å²) in [7, 11) is 0. The first-order valence-corrected chi connectivity index (χ1v) is 11.2. The van der Waals surface area contributed by atoms with Crippen LogP contribution in [0.3, 0.4) is 0 Å². The average molecular weight is 429 g/mol. The molecule has 0 N–H and O–H groups in total. The van der Waals surface area contributed by atoms with Gasteiger partial charge < -0.3 is 4.90 Å². The second kappa shape index (κ2) is 9.18. The van der Waals surface area contributed by atoms with Crippen LogP contribution in [0.2, 0.25) is 0 Å². The van der Waals surface area contributed by atoms with Crippen molar-refractivity contribution in [1.82, 2.24) is 14.9 Å². The molecule has 0 spiro atoms. The fourth-order valence-electron chi connectivity index (χ4n) is 4.46. The third-order valence-electron chi connectivity index (χ3n) is 5.90. The summed E-state index contributed by atoms with van der Waals surface area (Å²) in [6.45, 7) is 9.99. The zero-order valence-electron chi connectivity index (χ0n) is 19.0. The quantitative estimate of drug-likeness (QED) is 0.508. The lowest BCUT2D eigenvalue weighted by atomic mass is 9.87.